The number of carbonyl (C=O) groups excluding carboxylic acids is 2. The average Bonchev–Trinajstić information content (AvgIpc) is 3.19. The third-order valence-electron chi connectivity index (χ3n) is 7.15. The molecule has 1 aliphatic heterocycles. The van der Waals surface area contributed by atoms with Crippen molar-refractivity contribution in [2.75, 3.05) is 19.8 Å². The lowest BCUT2D eigenvalue weighted by molar-refractivity contribution is -0.140. The molecule has 6 nitrogen and oxygen atoms in total. The van der Waals surface area contributed by atoms with Crippen LogP contribution in [0.1, 0.15) is 42.0 Å². The number of nitrogens with zero attached hydrogens (tertiary/aromatic N) is 1. The van der Waals surface area contributed by atoms with Crippen LogP contribution in [-0.4, -0.2) is 47.3 Å². The largest absolute Gasteiger partial charge is 0.448 e. The van der Waals surface area contributed by atoms with Crippen molar-refractivity contribution in [3.8, 4) is 11.1 Å². The van der Waals surface area contributed by atoms with Gasteiger partial charge in [-0.1, -0.05) is 78.9 Å². The monoisotopic (exact) mass is 456 g/mol. The summed E-state index contributed by atoms with van der Waals surface area (Å²) in [5.41, 5.74) is 4.44. The van der Waals surface area contributed by atoms with Crippen LogP contribution in [0.4, 0.5) is 4.79 Å². The highest BCUT2D eigenvalue weighted by molar-refractivity contribution is 5.91. The van der Waals surface area contributed by atoms with Gasteiger partial charge in [0, 0.05) is 12.5 Å². The Hall–Kier alpha value is -3.64. The lowest BCUT2D eigenvalue weighted by Gasteiger charge is -2.48. The average molecular weight is 457 g/mol. The maximum Gasteiger partial charge on any atom is 0.410 e. The van der Waals surface area contributed by atoms with E-state index in [0.717, 1.165) is 16.7 Å². The van der Waals surface area contributed by atoms with E-state index in [4.69, 9.17) is 4.74 Å². The van der Waals surface area contributed by atoms with Gasteiger partial charge in [-0.25, -0.2) is 4.79 Å². The Morgan fingerprint density at radius 1 is 1.00 bits per heavy atom. The van der Waals surface area contributed by atoms with Crippen LogP contribution in [0, 0.1) is 0 Å². The molecule has 34 heavy (non-hydrogen) atoms. The van der Waals surface area contributed by atoms with E-state index in [9.17, 15) is 14.7 Å². The quantitative estimate of drug-likeness (QED) is 0.581. The summed E-state index contributed by atoms with van der Waals surface area (Å²) in [5, 5.41) is 12.7. The van der Waals surface area contributed by atoms with Crippen LogP contribution in [0.3, 0.4) is 0 Å². The second-order valence-corrected chi connectivity index (χ2v) is 9.10. The number of ether oxygens (including phenoxy) is 1. The zero-order valence-corrected chi connectivity index (χ0v) is 19.1. The van der Waals surface area contributed by atoms with E-state index in [-0.39, 0.29) is 25.0 Å². The molecule has 0 unspecified atom stereocenters. The molecule has 6 heteroatoms. The van der Waals surface area contributed by atoms with Crippen LogP contribution in [-0.2, 0) is 9.53 Å². The summed E-state index contributed by atoms with van der Waals surface area (Å²) in [6.45, 7) is 2.18. The smallest absolute Gasteiger partial charge is 0.410 e. The second-order valence-electron chi connectivity index (χ2n) is 9.10. The molecule has 0 saturated carbocycles. The fourth-order valence-corrected chi connectivity index (χ4v) is 4.99. The fraction of sp³-hybridized carbons (Fsp3) is 0.286. The highest BCUT2D eigenvalue weighted by Gasteiger charge is 2.51. The van der Waals surface area contributed by atoms with Gasteiger partial charge in [0.1, 0.15) is 12.1 Å². The maximum absolute atomic E-state index is 13.1. The van der Waals surface area contributed by atoms with Crippen molar-refractivity contribution in [3.63, 3.8) is 0 Å². The van der Waals surface area contributed by atoms with E-state index in [1.165, 1.54) is 16.0 Å². The molecule has 2 amide bonds. The molecule has 1 heterocycles. The summed E-state index contributed by atoms with van der Waals surface area (Å²) < 4.78 is 5.76. The number of nitrogens with one attached hydrogen (secondary N) is 1. The minimum absolute atomic E-state index is 0.0328. The predicted molar refractivity (Wildman–Crippen MR) is 129 cm³/mol. The van der Waals surface area contributed by atoms with E-state index in [1.54, 1.807) is 6.92 Å². The summed E-state index contributed by atoms with van der Waals surface area (Å²) in [6.07, 6.45) is 0.0432. The molecule has 2 aliphatic rings. The van der Waals surface area contributed by atoms with Crippen molar-refractivity contribution in [1.29, 1.82) is 0 Å². The zero-order valence-electron chi connectivity index (χ0n) is 19.1. The molecule has 174 valence electrons. The van der Waals surface area contributed by atoms with Crippen LogP contribution in [0.5, 0.6) is 0 Å². The number of aliphatic hydroxyl groups excluding tert-OH is 1. The summed E-state index contributed by atoms with van der Waals surface area (Å²) >= 11 is 0. The van der Waals surface area contributed by atoms with Crippen molar-refractivity contribution in [1.82, 2.24) is 10.2 Å². The molecule has 5 rings (SSSR count). The second kappa shape index (κ2) is 8.95. The number of rotatable bonds is 6. The number of fused-ring (bicyclic) bond motifs is 3. The summed E-state index contributed by atoms with van der Waals surface area (Å²) in [6, 6.07) is 25.2. The van der Waals surface area contributed by atoms with E-state index in [0.29, 0.717) is 13.0 Å². The molecule has 2 N–H and O–H groups in total. The Kier molecular flexibility index (Phi) is 5.84. The van der Waals surface area contributed by atoms with Gasteiger partial charge in [0.2, 0.25) is 5.91 Å². The van der Waals surface area contributed by atoms with Crippen LogP contribution < -0.4 is 5.32 Å². The standard InChI is InChI=1S/C28H28N2O4/c1-28(26(32)29-25(17-31)19-9-3-2-4-10-19)15-16-30(28)27(33)34-18-24-22-13-7-5-11-20(22)21-12-6-8-14-23(21)24/h2-14,24-25,31H,15-18H2,1H3,(H,29,32)/t25-,28-/m1/s1. The Labute approximate surface area is 199 Å². The highest BCUT2D eigenvalue weighted by Crippen LogP contribution is 2.44. The van der Waals surface area contributed by atoms with E-state index >= 15 is 0 Å². The number of hydrogen-bond acceptors (Lipinski definition) is 4. The van der Waals surface area contributed by atoms with Gasteiger partial charge in [-0.3, -0.25) is 9.69 Å². The molecule has 1 fully saturated rings. The van der Waals surface area contributed by atoms with Gasteiger partial charge in [-0.15, -0.1) is 0 Å². The number of hydrogen-bond donors (Lipinski definition) is 2. The van der Waals surface area contributed by atoms with Crippen LogP contribution in [0.25, 0.3) is 11.1 Å². The Morgan fingerprint density at radius 2 is 1.59 bits per heavy atom. The first-order chi connectivity index (χ1) is 16.5. The molecular weight excluding hydrogens is 428 g/mol. The zero-order chi connectivity index (χ0) is 23.7. The highest BCUT2D eigenvalue weighted by atomic mass is 16.6. The molecule has 0 spiro atoms. The van der Waals surface area contributed by atoms with Crippen LogP contribution >= 0.6 is 0 Å². The molecule has 1 saturated heterocycles. The first kappa shape index (κ1) is 22.2. The SMILES string of the molecule is C[C@]1(C(=O)N[C@H](CO)c2ccccc2)CCN1C(=O)OCC1c2ccccc2-c2ccccc21. The molecule has 2 atom stereocenters. The minimum atomic E-state index is -1.01. The van der Waals surface area contributed by atoms with Crippen LogP contribution in [0.15, 0.2) is 78.9 Å². The van der Waals surface area contributed by atoms with Gasteiger partial charge >= 0.3 is 6.09 Å². The first-order valence-electron chi connectivity index (χ1n) is 11.6. The van der Waals surface area contributed by atoms with E-state index < -0.39 is 17.7 Å². The van der Waals surface area contributed by atoms with Crippen molar-refractivity contribution in [3.05, 3.63) is 95.6 Å². The number of carbonyl (C=O) groups is 2. The number of aliphatic hydroxyl groups is 1. The third-order valence-corrected chi connectivity index (χ3v) is 7.15. The lowest BCUT2D eigenvalue weighted by atomic mass is 9.85. The summed E-state index contributed by atoms with van der Waals surface area (Å²) in [4.78, 5) is 27.6. The molecule has 3 aromatic carbocycles. The van der Waals surface area contributed by atoms with Crippen LogP contribution in [0.2, 0.25) is 0 Å². The van der Waals surface area contributed by atoms with Crippen molar-refractivity contribution in [2.24, 2.45) is 0 Å². The Morgan fingerprint density at radius 3 is 2.15 bits per heavy atom. The normalized spacial score (nSPS) is 19.5. The molecule has 0 radical (unpaired) electrons. The lowest BCUT2D eigenvalue weighted by Crippen LogP contribution is -2.67. The fourth-order valence-electron chi connectivity index (χ4n) is 4.99. The molecule has 1 aliphatic carbocycles. The van der Waals surface area contributed by atoms with Gasteiger partial charge in [-0.2, -0.15) is 0 Å². The first-order valence-corrected chi connectivity index (χ1v) is 11.6. The molecule has 0 aromatic heterocycles. The summed E-state index contributed by atoms with van der Waals surface area (Å²) in [5.74, 6) is -0.329. The van der Waals surface area contributed by atoms with Gasteiger partial charge < -0.3 is 15.2 Å². The Balaban J connectivity index is 1.26. The van der Waals surface area contributed by atoms with E-state index in [2.05, 4.69) is 29.6 Å². The third kappa shape index (κ3) is 3.74. The van der Waals surface area contributed by atoms with Gasteiger partial charge in [0.25, 0.3) is 0 Å². The number of amides is 2. The van der Waals surface area contributed by atoms with E-state index in [1.807, 2.05) is 54.6 Å². The van der Waals surface area contributed by atoms with Gasteiger partial charge in [-0.05, 0) is 41.2 Å². The molecular formula is C28H28N2O4. The summed E-state index contributed by atoms with van der Waals surface area (Å²) in [7, 11) is 0. The van der Waals surface area contributed by atoms with Crippen molar-refractivity contribution in [2.45, 2.75) is 30.8 Å². The van der Waals surface area contributed by atoms with Crippen molar-refractivity contribution >= 4 is 12.0 Å². The minimum Gasteiger partial charge on any atom is -0.448 e. The van der Waals surface area contributed by atoms with Crippen molar-refractivity contribution < 1.29 is 19.4 Å². The maximum atomic E-state index is 13.1. The van der Waals surface area contributed by atoms with Gasteiger partial charge in [0.15, 0.2) is 0 Å². The number of likely N-dealkylation sites (tertiary alicyclic amines) is 1. The molecule has 0 bridgehead atoms. The Bertz CT molecular complexity index is 1170. The topological polar surface area (TPSA) is 78.9 Å². The number of benzene rings is 3. The van der Waals surface area contributed by atoms with Gasteiger partial charge in [0.05, 0.1) is 12.6 Å². The predicted octanol–water partition coefficient (Wildman–Crippen LogP) is 4.25. The molecule has 3 aromatic rings.